The van der Waals surface area contributed by atoms with Crippen LogP contribution < -0.4 is 0 Å². The van der Waals surface area contributed by atoms with Crippen molar-refractivity contribution in [1.29, 1.82) is 0 Å². The van der Waals surface area contributed by atoms with Crippen LogP contribution in [0, 0.1) is 12.7 Å². The first-order chi connectivity index (χ1) is 10.1. The van der Waals surface area contributed by atoms with Gasteiger partial charge in [-0.2, -0.15) is 0 Å². The first-order valence-corrected chi connectivity index (χ1v) is 8.27. The Bertz CT molecular complexity index is 794. The second-order valence-electron chi connectivity index (χ2n) is 4.82. The molecule has 0 saturated heterocycles. The molecular weight excluding hydrogens is 330 g/mol. The number of alkyl halides is 1. The van der Waals surface area contributed by atoms with E-state index in [2.05, 4.69) is 28.6 Å². The summed E-state index contributed by atoms with van der Waals surface area (Å²) in [6.07, 6.45) is 0.639. The fraction of sp³-hybridized carbons (Fsp3) is 0.267. The minimum absolute atomic E-state index is 0.114. The third-order valence-corrected chi connectivity index (χ3v) is 4.76. The lowest BCUT2D eigenvalue weighted by molar-refractivity contribution is 0.629. The van der Waals surface area contributed by atoms with E-state index >= 15 is 0 Å². The van der Waals surface area contributed by atoms with Gasteiger partial charge in [0.2, 0.25) is 0 Å². The van der Waals surface area contributed by atoms with E-state index in [0.29, 0.717) is 24.4 Å². The second-order valence-corrected chi connectivity index (χ2v) is 6.98. The zero-order valence-electron chi connectivity index (χ0n) is 11.4. The van der Waals surface area contributed by atoms with Crippen LogP contribution in [0.15, 0.2) is 24.3 Å². The van der Waals surface area contributed by atoms with Crippen molar-refractivity contribution in [2.24, 2.45) is 0 Å². The SMILES string of the molecule is Cc1ccc(Cn2c(CCCl)nc3cc(F)c(Cl)cc32)s1. The maximum absolute atomic E-state index is 13.6. The van der Waals surface area contributed by atoms with Gasteiger partial charge in [-0.05, 0) is 25.1 Å². The van der Waals surface area contributed by atoms with Crippen molar-refractivity contribution in [1.82, 2.24) is 9.55 Å². The van der Waals surface area contributed by atoms with Crippen LogP contribution in [0.25, 0.3) is 11.0 Å². The Balaban J connectivity index is 2.12. The van der Waals surface area contributed by atoms with Gasteiger partial charge in [0, 0.05) is 28.1 Å². The lowest BCUT2D eigenvalue weighted by Crippen LogP contribution is -2.05. The van der Waals surface area contributed by atoms with Crippen molar-refractivity contribution < 1.29 is 4.39 Å². The molecule has 0 atom stereocenters. The number of thiophene rings is 1. The fourth-order valence-electron chi connectivity index (χ4n) is 2.35. The molecule has 110 valence electrons. The van der Waals surface area contributed by atoms with Gasteiger partial charge < -0.3 is 4.57 Å². The minimum atomic E-state index is -0.446. The molecule has 2 aromatic heterocycles. The van der Waals surface area contributed by atoms with Crippen LogP contribution in [0.2, 0.25) is 5.02 Å². The molecule has 3 rings (SSSR count). The molecule has 0 aliphatic rings. The highest BCUT2D eigenvalue weighted by atomic mass is 35.5. The molecule has 0 fully saturated rings. The Hall–Kier alpha value is -1.10. The summed E-state index contributed by atoms with van der Waals surface area (Å²) >= 11 is 13.5. The molecular formula is C15H13Cl2FN2S. The van der Waals surface area contributed by atoms with E-state index in [1.54, 1.807) is 17.4 Å². The third kappa shape index (κ3) is 2.93. The van der Waals surface area contributed by atoms with Gasteiger partial charge in [-0.3, -0.25) is 0 Å². The van der Waals surface area contributed by atoms with Crippen LogP contribution in [-0.2, 0) is 13.0 Å². The molecule has 2 nitrogen and oxygen atoms in total. The van der Waals surface area contributed by atoms with Crippen molar-refractivity contribution in [3.8, 4) is 0 Å². The molecule has 6 heteroatoms. The highest BCUT2D eigenvalue weighted by molar-refractivity contribution is 7.11. The number of aromatic nitrogens is 2. The molecule has 0 saturated carbocycles. The van der Waals surface area contributed by atoms with Crippen molar-refractivity contribution in [3.63, 3.8) is 0 Å². The summed E-state index contributed by atoms with van der Waals surface area (Å²) in [5, 5.41) is 0.114. The minimum Gasteiger partial charge on any atom is -0.323 e. The van der Waals surface area contributed by atoms with Gasteiger partial charge in [0.25, 0.3) is 0 Å². The number of imidazole rings is 1. The quantitative estimate of drug-likeness (QED) is 0.608. The van der Waals surface area contributed by atoms with Crippen molar-refractivity contribution >= 4 is 45.6 Å². The number of nitrogens with zero attached hydrogens (tertiary/aromatic N) is 2. The Morgan fingerprint density at radius 3 is 2.81 bits per heavy atom. The van der Waals surface area contributed by atoms with Gasteiger partial charge in [0.1, 0.15) is 11.6 Å². The molecule has 0 unspecified atom stereocenters. The van der Waals surface area contributed by atoms with Crippen LogP contribution >= 0.6 is 34.5 Å². The lowest BCUT2D eigenvalue weighted by atomic mass is 10.3. The van der Waals surface area contributed by atoms with Crippen LogP contribution in [-0.4, -0.2) is 15.4 Å². The summed E-state index contributed by atoms with van der Waals surface area (Å²) in [6, 6.07) is 7.21. The molecule has 2 heterocycles. The molecule has 0 radical (unpaired) electrons. The van der Waals surface area contributed by atoms with Gasteiger partial charge in [0.05, 0.1) is 22.6 Å². The first-order valence-electron chi connectivity index (χ1n) is 6.54. The largest absolute Gasteiger partial charge is 0.323 e. The molecule has 1 aromatic carbocycles. The highest BCUT2D eigenvalue weighted by Gasteiger charge is 2.14. The molecule has 21 heavy (non-hydrogen) atoms. The Labute approximate surface area is 136 Å². The van der Waals surface area contributed by atoms with Crippen molar-refractivity contribution in [2.75, 3.05) is 5.88 Å². The topological polar surface area (TPSA) is 17.8 Å². The predicted molar refractivity (Wildman–Crippen MR) is 87.3 cm³/mol. The summed E-state index contributed by atoms with van der Waals surface area (Å²) in [7, 11) is 0. The fourth-order valence-corrected chi connectivity index (χ4v) is 3.55. The van der Waals surface area contributed by atoms with Crippen LogP contribution in [0.1, 0.15) is 15.6 Å². The zero-order chi connectivity index (χ0) is 15.0. The van der Waals surface area contributed by atoms with Gasteiger partial charge >= 0.3 is 0 Å². The number of fused-ring (bicyclic) bond motifs is 1. The van der Waals surface area contributed by atoms with Gasteiger partial charge in [-0.15, -0.1) is 22.9 Å². The number of rotatable bonds is 4. The van der Waals surface area contributed by atoms with Gasteiger partial charge in [-0.25, -0.2) is 9.37 Å². The maximum Gasteiger partial charge on any atom is 0.144 e. The van der Waals surface area contributed by atoms with Crippen LogP contribution in [0.3, 0.4) is 0 Å². The molecule has 0 N–H and O–H groups in total. The second kappa shape index (κ2) is 5.95. The van der Waals surface area contributed by atoms with E-state index < -0.39 is 5.82 Å². The number of aryl methyl sites for hydroxylation is 2. The molecule has 0 amide bonds. The maximum atomic E-state index is 13.6. The van der Waals surface area contributed by atoms with Gasteiger partial charge in [-0.1, -0.05) is 11.6 Å². The normalized spacial score (nSPS) is 11.4. The van der Waals surface area contributed by atoms with Crippen molar-refractivity contribution in [3.05, 3.63) is 50.7 Å². The van der Waals surface area contributed by atoms with E-state index in [0.717, 1.165) is 11.3 Å². The standard InChI is InChI=1S/C15H13Cl2FN2S/c1-9-2-3-10(21-9)8-20-14-6-11(17)12(18)7-13(14)19-15(20)4-5-16/h2-3,6-7H,4-5,8H2,1H3. The van der Waals surface area contributed by atoms with E-state index in [4.69, 9.17) is 23.2 Å². The third-order valence-electron chi connectivity index (χ3n) is 3.30. The van der Waals surface area contributed by atoms with E-state index in [1.165, 1.54) is 15.8 Å². The average Bonchev–Trinajstić information content (AvgIpc) is 2.97. The van der Waals surface area contributed by atoms with E-state index in [1.807, 2.05) is 0 Å². The molecule has 3 aromatic rings. The highest BCUT2D eigenvalue weighted by Crippen LogP contribution is 2.26. The molecule has 0 aliphatic heterocycles. The molecule has 0 spiro atoms. The van der Waals surface area contributed by atoms with Gasteiger partial charge in [0.15, 0.2) is 0 Å². The summed E-state index contributed by atoms with van der Waals surface area (Å²) in [5.74, 6) is 0.883. The van der Waals surface area contributed by atoms with E-state index in [-0.39, 0.29) is 5.02 Å². The van der Waals surface area contributed by atoms with E-state index in [9.17, 15) is 4.39 Å². The number of hydrogen-bond donors (Lipinski definition) is 0. The summed E-state index contributed by atoms with van der Waals surface area (Å²) in [6.45, 7) is 2.77. The monoisotopic (exact) mass is 342 g/mol. The smallest absolute Gasteiger partial charge is 0.144 e. The summed E-state index contributed by atoms with van der Waals surface area (Å²) < 4.78 is 15.7. The Morgan fingerprint density at radius 1 is 1.33 bits per heavy atom. The number of benzene rings is 1. The van der Waals surface area contributed by atoms with Crippen LogP contribution in [0.4, 0.5) is 4.39 Å². The molecule has 0 aliphatic carbocycles. The first kappa shape index (κ1) is 14.8. The Morgan fingerprint density at radius 2 is 2.14 bits per heavy atom. The molecule has 0 bridgehead atoms. The number of halogens is 3. The van der Waals surface area contributed by atoms with Crippen LogP contribution in [0.5, 0.6) is 0 Å². The summed E-state index contributed by atoms with van der Waals surface area (Å²) in [4.78, 5) is 6.98. The Kier molecular flexibility index (Phi) is 4.20. The average molecular weight is 343 g/mol. The lowest BCUT2D eigenvalue weighted by Gasteiger charge is -2.07. The number of hydrogen-bond acceptors (Lipinski definition) is 2. The summed E-state index contributed by atoms with van der Waals surface area (Å²) in [5.41, 5.74) is 1.46. The van der Waals surface area contributed by atoms with Crippen molar-refractivity contribution in [2.45, 2.75) is 19.9 Å². The zero-order valence-corrected chi connectivity index (χ0v) is 13.7. The predicted octanol–water partition coefficient (Wildman–Crippen LogP) is 5.03.